The van der Waals surface area contributed by atoms with Gasteiger partial charge in [-0.3, -0.25) is 4.79 Å². The van der Waals surface area contributed by atoms with Crippen LogP contribution in [0.3, 0.4) is 0 Å². The van der Waals surface area contributed by atoms with Crippen molar-refractivity contribution < 1.29 is 19.4 Å². The van der Waals surface area contributed by atoms with Gasteiger partial charge in [0, 0.05) is 17.5 Å². The van der Waals surface area contributed by atoms with Crippen LogP contribution in [-0.4, -0.2) is 54.2 Å². The summed E-state index contributed by atoms with van der Waals surface area (Å²) in [5.41, 5.74) is 0.684. The van der Waals surface area contributed by atoms with Crippen molar-refractivity contribution in [2.75, 3.05) is 20.7 Å². The van der Waals surface area contributed by atoms with Crippen molar-refractivity contribution in [2.45, 2.75) is 49.3 Å². The highest BCUT2D eigenvalue weighted by Gasteiger charge is 2.73. The van der Waals surface area contributed by atoms with Crippen LogP contribution in [0, 0.1) is 5.92 Å². The lowest BCUT2D eigenvalue weighted by Crippen LogP contribution is -2.77. The smallest absolute Gasteiger partial charge is 0.177 e. The van der Waals surface area contributed by atoms with E-state index in [1.54, 1.807) is 7.11 Å². The third-order valence-electron chi connectivity index (χ3n) is 7.05. The van der Waals surface area contributed by atoms with Gasteiger partial charge in [-0.25, -0.2) is 0 Å². The molecule has 0 aromatic heterocycles. The van der Waals surface area contributed by atoms with E-state index < -0.39 is 17.1 Å². The highest BCUT2D eigenvalue weighted by molar-refractivity contribution is 5.91. The normalized spacial score (nSPS) is 42.5. The topological polar surface area (TPSA) is 59.0 Å². The lowest BCUT2D eigenvalue weighted by Gasteiger charge is -2.62. The number of rotatable bonds is 1. The van der Waals surface area contributed by atoms with Gasteiger partial charge in [0.25, 0.3) is 0 Å². The van der Waals surface area contributed by atoms with E-state index in [9.17, 15) is 9.90 Å². The fourth-order valence-electron chi connectivity index (χ4n) is 5.96. The monoisotopic (exact) mass is 329 g/mol. The third-order valence-corrected chi connectivity index (χ3v) is 7.05. The van der Waals surface area contributed by atoms with Crippen molar-refractivity contribution in [3.8, 4) is 11.5 Å². The Bertz CT molecular complexity index is 762. The SMILES string of the molecule is COc1ccc2c3c1O[C@H]1C(=O)[C@@H](C)C[C@@]4(O)[C@@H](C2)N(C)CC[C@]314. The van der Waals surface area contributed by atoms with E-state index in [2.05, 4.69) is 18.0 Å². The van der Waals surface area contributed by atoms with Crippen LogP contribution in [0.4, 0.5) is 0 Å². The number of likely N-dealkylation sites (tertiary alicyclic amines) is 1. The summed E-state index contributed by atoms with van der Waals surface area (Å²) in [6.07, 6.45) is 1.45. The summed E-state index contributed by atoms with van der Waals surface area (Å²) in [5.74, 6) is 1.28. The lowest BCUT2D eigenvalue weighted by atomic mass is 9.47. The summed E-state index contributed by atoms with van der Waals surface area (Å²) in [5, 5.41) is 11.9. The Labute approximate surface area is 141 Å². The predicted molar refractivity (Wildman–Crippen MR) is 87.6 cm³/mol. The molecule has 24 heavy (non-hydrogen) atoms. The zero-order valence-electron chi connectivity index (χ0n) is 14.3. The summed E-state index contributed by atoms with van der Waals surface area (Å²) in [7, 11) is 3.70. The average molecular weight is 329 g/mol. The van der Waals surface area contributed by atoms with Crippen molar-refractivity contribution in [1.82, 2.24) is 4.90 Å². The standard InChI is InChI=1S/C19H23NO4/c1-10-9-19(22)13-8-11-4-5-12(23-3)16-14(11)18(19,6-7-20(13)2)17(24-16)15(10)21/h4-5,10,13,17,22H,6-9H2,1-3H3/t10-,13+,17-,18-,19+/m0/s1. The number of aliphatic hydroxyl groups is 1. The number of hydrogen-bond donors (Lipinski definition) is 1. The number of nitrogens with zero attached hydrogens (tertiary/aromatic N) is 1. The van der Waals surface area contributed by atoms with Gasteiger partial charge in [0.2, 0.25) is 0 Å². The van der Waals surface area contributed by atoms with E-state index in [-0.39, 0.29) is 17.7 Å². The van der Waals surface area contributed by atoms with E-state index in [0.29, 0.717) is 17.9 Å². The number of carbonyl (C=O) groups excluding carboxylic acids is 1. The molecule has 5 heteroatoms. The van der Waals surface area contributed by atoms with Crippen molar-refractivity contribution in [2.24, 2.45) is 5.92 Å². The molecule has 1 saturated carbocycles. The van der Waals surface area contributed by atoms with Crippen molar-refractivity contribution in [3.05, 3.63) is 23.3 Å². The first-order chi connectivity index (χ1) is 11.4. The number of benzene rings is 1. The minimum atomic E-state index is -0.928. The summed E-state index contributed by atoms with van der Waals surface area (Å²) in [6.45, 7) is 2.78. The first-order valence-corrected chi connectivity index (χ1v) is 8.77. The van der Waals surface area contributed by atoms with E-state index in [1.165, 1.54) is 5.56 Å². The van der Waals surface area contributed by atoms with Gasteiger partial charge in [0.1, 0.15) is 0 Å². The fraction of sp³-hybridized carbons (Fsp3) is 0.632. The Morgan fingerprint density at radius 3 is 2.96 bits per heavy atom. The number of Topliss-reactive ketones (excluding diaryl/α,β-unsaturated/α-hetero) is 1. The van der Waals surface area contributed by atoms with Gasteiger partial charge in [0.05, 0.1) is 18.1 Å². The highest BCUT2D eigenvalue weighted by atomic mass is 16.5. The summed E-state index contributed by atoms with van der Waals surface area (Å²) >= 11 is 0. The Morgan fingerprint density at radius 1 is 1.42 bits per heavy atom. The number of hydrogen-bond acceptors (Lipinski definition) is 5. The molecule has 2 bridgehead atoms. The number of piperidine rings is 1. The second-order valence-electron chi connectivity index (χ2n) is 7.98. The number of ether oxygens (including phenoxy) is 2. The molecule has 2 aliphatic heterocycles. The molecule has 2 aliphatic carbocycles. The summed E-state index contributed by atoms with van der Waals surface area (Å²) in [4.78, 5) is 15.2. The molecule has 0 radical (unpaired) electrons. The second kappa shape index (κ2) is 4.33. The van der Waals surface area contributed by atoms with Crippen LogP contribution in [0.25, 0.3) is 0 Å². The van der Waals surface area contributed by atoms with Gasteiger partial charge < -0.3 is 19.5 Å². The maximum absolute atomic E-state index is 13.0. The summed E-state index contributed by atoms with van der Waals surface area (Å²) in [6, 6.07) is 4.04. The van der Waals surface area contributed by atoms with Crippen LogP contribution in [0.15, 0.2) is 12.1 Å². The Balaban J connectivity index is 1.85. The molecule has 2 fully saturated rings. The number of ketones is 1. The van der Waals surface area contributed by atoms with E-state index in [0.717, 1.165) is 24.9 Å². The van der Waals surface area contributed by atoms with Gasteiger partial charge >= 0.3 is 0 Å². The van der Waals surface area contributed by atoms with Gasteiger partial charge in [-0.2, -0.15) is 0 Å². The van der Waals surface area contributed by atoms with Gasteiger partial charge in [0.15, 0.2) is 23.4 Å². The van der Waals surface area contributed by atoms with Crippen LogP contribution in [0.1, 0.15) is 30.9 Å². The van der Waals surface area contributed by atoms with Crippen LogP contribution in [-0.2, 0) is 16.6 Å². The zero-order valence-corrected chi connectivity index (χ0v) is 14.3. The number of likely N-dealkylation sites (N-methyl/N-ethyl adjacent to an activating group) is 1. The quantitative estimate of drug-likeness (QED) is 0.841. The van der Waals surface area contributed by atoms with Gasteiger partial charge in [-0.05, 0) is 44.5 Å². The third kappa shape index (κ3) is 1.35. The molecular weight excluding hydrogens is 306 g/mol. The second-order valence-corrected chi connectivity index (χ2v) is 7.98. The van der Waals surface area contributed by atoms with Gasteiger partial charge in [-0.15, -0.1) is 0 Å². The molecule has 5 nitrogen and oxygen atoms in total. The van der Waals surface area contributed by atoms with Crippen LogP contribution >= 0.6 is 0 Å². The minimum Gasteiger partial charge on any atom is -0.493 e. The minimum absolute atomic E-state index is 0.0275. The maximum atomic E-state index is 13.0. The first kappa shape index (κ1) is 14.7. The van der Waals surface area contributed by atoms with Crippen molar-refractivity contribution in [1.29, 1.82) is 0 Å². The molecule has 0 amide bonds. The lowest BCUT2D eigenvalue weighted by molar-refractivity contribution is -0.193. The predicted octanol–water partition coefficient (Wildman–Crippen LogP) is 1.29. The fourth-order valence-corrected chi connectivity index (χ4v) is 5.96. The largest absolute Gasteiger partial charge is 0.493 e. The van der Waals surface area contributed by atoms with Crippen LogP contribution in [0.5, 0.6) is 11.5 Å². The average Bonchev–Trinajstić information content (AvgIpc) is 2.90. The molecule has 1 aromatic rings. The van der Waals surface area contributed by atoms with Gasteiger partial charge in [-0.1, -0.05) is 13.0 Å². The molecule has 1 aromatic carbocycles. The molecule has 1 saturated heterocycles. The maximum Gasteiger partial charge on any atom is 0.177 e. The molecule has 1 spiro atoms. The Kier molecular flexibility index (Phi) is 2.65. The van der Waals surface area contributed by atoms with Crippen molar-refractivity contribution in [3.63, 3.8) is 0 Å². The summed E-state index contributed by atoms with van der Waals surface area (Å²) < 4.78 is 11.7. The highest BCUT2D eigenvalue weighted by Crippen LogP contribution is 2.65. The number of carbonyl (C=O) groups is 1. The molecule has 5 atom stereocenters. The molecular formula is C19H23NO4. The number of methoxy groups -OCH3 is 1. The molecule has 5 rings (SSSR count). The first-order valence-electron chi connectivity index (χ1n) is 8.77. The molecule has 1 N–H and O–H groups in total. The molecule has 4 aliphatic rings. The van der Waals surface area contributed by atoms with Crippen LogP contribution in [0.2, 0.25) is 0 Å². The zero-order chi connectivity index (χ0) is 16.9. The van der Waals surface area contributed by atoms with E-state index >= 15 is 0 Å². The Hall–Kier alpha value is -1.59. The van der Waals surface area contributed by atoms with Crippen molar-refractivity contribution >= 4 is 5.78 Å². The molecule has 128 valence electrons. The Morgan fingerprint density at radius 2 is 2.21 bits per heavy atom. The molecule has 2 heterocycles. The van der Waals surface area contributed by atoms with E-state index in [4.69, 9.17) is 9.47 Å². The van der Waals surface area contributed by atoms with Crippen LogP contribution < -0.4 is 9.47 Å². The molecule has 0 unspecified atom stereocenters. The van der Waals surface area contributed by atoms with E-state index in [1.807, 2.05) is 13.0 Å².